The third-order valence-electron chi connectivity index (χ3n) is 3.89. The number of carbonyl (C=O) groups excluding carboxylic acids is 1. The van der Waals surface area contributed by atoms with Gasteiger partial charge in [0.05, 0.1) is 17.1 Å². The average molecular weight is 340 g/mol. The molecule has 1 aromatic heterocycles. The number of hydrogen-bond acceptors (Lipinski definition) is 4. The van der Waals surface area contributed by atoms with Gasteiger partial charge in [-0.05, 0) is 30.7 Å². The summed E-state index contributed by atoms with van der Waals surface area (Å²) in [4.78, 5) is 35.2. The van der Waals surface area contributed by atoms with E-state index in [1.54, 1.807) is 0 Å². The lowest BCUT2D eigenvalue weighted by Gasteiger charge is -2.14. The molecule has 1 unspecified atom stereocenters. The van der Waals surface area contributed by atoms with Gasteiger partial charge in [-0.2, -0.15) is 0 Å². The molecule has 1 atom stereocenters. The number of aromatic nitrogens is 1. The van der Waals surface area contributed by atoms with E-state index in [4.69, 9.17) is 9.52 Å². The lowest BCUT2D eigenvalue weighted by molar-refractivity contribution is -0.122. The Kier molecular flexibility index (Phi) is 4.38. The maximum absolute atomic E-state index is 12.3. The van der Waals surface area contributed by atoms with E-state index < -0.39 is 11.7 Å². The number of oxazole rings is 1. The molecule has 7 heteroatoms. The number of carboxylic acid groups (broad SMARTS) is 1. The highest BCUT2D eigenvalue weighted by atomic mass is 16.4. The number of nitrogens with zero attached hydrogens (tertiary/aromatic N) is 1. The number of carboxylic acids is 1. The molecule has 1 heterocycles. The SMILES string of the molecule is CC(NC(=O)Cn1c(=O)oc2cc(C(=O)O)ccc21)c1ccccc1. The van der Waals surface area contributed by atoms with Crippen LogP contribution in [0, 0.1) is 0 Å². The zero-order valence-electron chi connectivity index (χ0n) is 13.4. The summed E-state index contributed by atoms with van der Waals surface area (Å²) >= 11 is 0. The molecule has 0 aliphatic rings. The van der Waals surface area contributed by atoms with Crippen molar-refractivity contribution in [1.29, 1.82) is 0 Å². The highest BCUT2D eigenvalue weighted by Crippen LogP contribution is 2.16. The van der Waals surface area contributed by atoms with Crippen LogP contribution in [0.3, 0.4) is 0 Å². The van der Waals surface area contributed by atoms with E-state index in [1.165, 1.54) is 22.8 Å². The first-order chi connectivity index (χ1) is 12.0. The highest BCUT2D eigenvalue weighted by molar-refractivity contribution is 5.92. The van der Waals surface area contributed by atoms with Gasteiger partial charge in [0.1, 0.15) is 6.54 Å². The van der Waals surface area contributed by atoms with Gasteiger partial charge in [0, 0.05) is 0 Å². The lowest BCUT2D eigenvalue weighted by Crippen LogP contribution is -2.32. The zero-order valence-corrected chi connectivity index (χ0v) is 13.4. The Labute approximate surface area is 142 Å². The van der Waals surface area contributed by atoms with Crippen molar-refractivity contribution in [2.45, 2.75) is 19.5 Å². The van der Waals surface area contributed by atoms with Crippen molar-refractivity contribution in [3.63, 3.8) is 0 Å². The van der Waals surface area contributed by atoms with Gasteiger partial charge in [0.2, 0.25) is 5.91 Å². The second-order valence-electron chi connectivity index (χ2n) is 5.64. The summed E-state index contributed by atoms with van der Waals surface area (Å²) in [5.74, 6) is -2.17. The van der Waals surface area contributed by atoms with Crippen molar-refractivity contribution in [1.82, 2.24) is 9.88 Å². The minimum absolute atomic E-state index is 0.00977. The minimum Gasteiger partial charge on any atom is -0.478 e. The number of nitrogens with one attached hydrogen (secondary N) is 1. The van der Waals surface area contributed by atoms with Crippen molar-refractivity contribution in [3.8, 4) is 0 Å². The van der Waals surface area contributed by atoms with E-state index in [1.807, 2.05) is 37.3 Å². The fourth-order valence-corrected chi connectivity index (χ4v) is 2.60. The second-order valence-corrected chi connectivity index (χ2v) is 5.64. The summed E-state index contributed by atoms with van der Waals surface area (Å²) in [6.07, 6.45) is 0. The average Bonchev–Trinajstić information content (AvgIpc) is 2.90. The highest BCUT2D eigenvalue weighted by Gasteiger charge is 2.16. The van der Waals surface area contributed by atoms with Gasteiger partial charge in [-0.25, -0.2) is 9.59 Å². The Morgan fingerprint density at radius 3 is 2.60 bits per heavy atom. The fraction of sp³-hybridized carbons (Fsp3) is 0.167. The summed E-state index contributed by atoms with van der Waals surface area (Å²) in [6.45, 7) is 1.64. The molecule has 0 saturated carbocycles. The largest absolute Gasteiger partial charge is 0.478 e. The zero-order chi connectivity index (χ0) is 18.0. The van der Waals surface area contributed by atoms with Gasteiger partial charge in [0.15, 0.2) is 5.58 Å². The molecular formula is C18H16N2O5. The molecule has 3 rings (SSSR count). The number of carbonyl (C=O) groups is 2. The Hall–Kier alpha value is -3.35. The van der Waals surface area contributed by atoms with Crippen LogP contribution in [0.25, 0.3) is 11.1 Å². The predicted molar refractivity (Wildman–Crippen MR) is 90.4 cm³/mol. The van der Waals surface area contributed by atoms with Crippen LogP contribution in [0.2, 0.25) is 0 Å². The molecule has 3 aromatic rings. The number of amides is 1. The standard InChI is InChI=1S/C18H16N2O5/c1-11(12-5-3-2-4-6-12)19-16(21)10-20-14-8-7-13(17(22)23)9-15(14)25-18(20)24/h2-9,11H,10H2,1H3,(H,19,21)(H,22,23). The monoisotopic (exact) mass is 340 g/mol. The van der Waals surface area contributed by atoms with Crippen molar-refractivity contribution in [3.05, 3.63) is 70.2 Å². The number of fused-ring (bicyclic) bond motifs is 1. The third-order valence-corrected chi connectivity index (χ3v) is 3.89. The molecule has 25 heavy (non-hydrogen) atoms. The molecule has 0 spiro atoms. The van der Waals surface area contributed by atoms with E-state index in [2.05, 4.69) is 5.32 Å². The first-order valence-corrected chi connectivity index (χ1v) is 7.66. The first-order valence-electron chi connectivity index (χ1n) is 7.66. The maximum atomic E-state index is 12.3. The summed E-state index contributed by atoms with van der Waals surface area (Å²) in [7, 11) is 0. The van der Waals surface area contributed by atoms with Crippen LogP contribution in [0.15, 0.2) is 57.7 Å². The summed E-state index contributed by atoms with van der Waals surface area (Å²) in [5.41, 5.74) is 1.47. The van der Waals surface area contributed by atoms with Gasteiger partial charge in [0.25, 0.3) is 0 Å². The van der Waals surface area contributed by atoms with Gasteiger partial charge in [-0.1, -0.05) is 30.3 Å². The summed E-state index contributed by atoms with van der Waals surface area (Å²) in [6, 6.07) is 13.3. The molecule has 0 radical (unpaired) electrons. The van der Waals surface area contributed by atoms with Gasteiger partial charge >= 0.3 is 11.7 Å². The molecular weight excluding hydrogens is 324 g/mol. The van der Waals surface area contributed by atoms with Crippen LogP contribution in [0.1, 0.15) is 28.9 Å². The number of hydrogen-bond donors (Lipinski definition) is 2. The van der Waals surface area contributed by atoms with Crippen molar-refractivity contribution in [2.75, 3.05) is 0 Å². The molecule has 2 aromatic carbocycles. The van der Waals surface area contributed by atoms with Crippen LogP contribution in [0.4, 0.5) is 0 Å². The molecule has 7 nitrogen and oxygen atoms in total. The van der Waals surface area contributed by atoms with Crippen LogP contribution in [-0.2, 0) is 11.3 Å². The van der Waals surface area contributed by atoms with E-state index in [0.717, 1.165) is 5.56 Å². The quantitative estimate of drug-likeness (QED) is 0.741. The van der Waals surface area contributed by atoms with E-state index >= 15 is 0 Å². The maximum Gasteiger partial charge on any atom is 0.420 e. The second kappa shape index (κ2) is 6.64. The number of benzene rings is 2. The third kappa shape index (κ3) is 3.45. The van der Waals surface area contributed by atoms with Crippen LogP contribution in [0.5, 0.6) is 0 Å². The Morgan fingerprint density at radius 2 is 1.92 bits per heavy atom. The molecule has 0 saturated heterocycles. The molecule has 2 N–H and O–H groups in total. The van der Waals surface area contributed by atoms with Crippen molar-refractivity contribution >= 4 is 23.0 Å². The molecule has 1 amide bonds. The van der Waals surface area contributed by atoms with Gasteiger partial charge in [-0.15, -0.1) is 0 Å². The van der Waals surface area contributed by atoms with Gasteiger partial charge < -0.3 is 14.8 Å². The smallest absolute Gasteiger partial charge is 0.420 e. The number of rotatable bonds is 5. The Morgan fingerprint density at radius 1 is 1.20 bits per heavy atom. The van der Waals surface area contributed by atoms with Crippen molar-refractivity contribution in [2.24, 2.45) is 0 Å². The van der Waals surface area contributed by atoms with Gasteiger partial charge in [-0.3, -0.25) is 9.36 Å². The summed E-state index contributed by atoms with van der Waals surface area (Å²) < 4.78 is 6.22. The summed E-state index contributed by atoms with van der Waals surface area (Å²) in [5, 5.41) is 11.8. The molecule has 0 aliphatic heterocycles. The fourth-order valence-electron chi connectivity index (χ4n) is 2.60. The normalized spacial score (nSPS) is 12.0. The van der Waals surface area contributed by atoms with E-state index in [0.29, 0.717) is 5.52 Å². The van der Waals surface area contributed by atoms with Crippen LogP contribution < -0.4 is 11.1 Å². The molecule has 0 aliphatic carbocycles. The molecule has 0 fully saturated rings. The van der Waals surface area contributed by atoms with Crippen molar-refractivity contribution < 1.29 is 19.1 Å². The van der Waals surface area contributed by atoms with Crippen LogP contribution in [-0.4, -0.2) is 21.6 Å². The number of aromatic carboxylic acids is 1. The topological polar surface area (TPSA) is 102 Å². The Balaban J connectivity index is 1.80. The predicted octanol–water partition coefficient (Wildman–Crippen LogP) is 2.17. The molecule has 128 valence electrons. The van der Waals surface area contributed by atoms with Crippen LogP contribution >= 0.6 is 0 Å². The minimum atomic E-state index is -1.12. The Bertz CT molecular complexity index is 988. The first kappa shape index (κ1) is 16.5. The van der Waals surface area contributed by atoms with E-state index in [-0.39, 0.29) is 29.6 Å². The van der Waals surface area contributed by atoms with E-state index in [9.17, 15) is 14.4 Å². The molecule has 0 bridgehead atoms. The lowest BCUT2D eigenvalue weighted by atomic mass is 10.1.